The molecule has 0 N–H and O–H groups in total. The fraction of sp³-hybridized carbons (Fsp3) is 0. The van der Waals surface area contributed by atoms with Crippen LogP contribution in [0.1, 0.15) is 0 Å². The van der Waals surface area contributed by atoms with Crippen LogP contribution in [0.4, 0.5) is 0 Å². The van der Waals surface area contributed by atoms with E-state index in [4.69, 9.17) is 0 Å². The van der Waals surface area contributed by atoms with Crippen molar-refractivity contribution in [1.29, 1.82) is 0 Å². The average Bonchev–Trinajstić information content (AvgIpc) is 2.05. The van der Waals surface area contributed by atoms with Crippen molar-refractivity contribution >= 4 is 56.1 Å². The average molecular weight is 382 g/mol. The van der Waals surface area contributed by atoms with Gasteiger partial charge in [0, 0.05) is 5.39 Å². The maximum Gasteiger partial charge on any atom is 0.102 e. The van der Waals surface area contributed by atoms with Gasteiger partial charge in [-0.1, -0.05) is 6.07 Å². The van der Waals surface area contributed by atoms with Gasteiger partial charge in [-0.15, -0.1) is 0 Å². The number of nitrogens with zero attached hydrogens (tertiary/aromatic N) is 2. The van der Waals surface area contributed by atoms with Crippen molar-refractivity contribution in [2.24, 2.45) is 0 Å². The van der Waals surface area contributed by atoms with E-state index in [2.05, 4.69) is 61.2 Å². The Morgan fingerprint density at radius 1 is 1.08 bits per heavy atom. The standard InChI is InChI=1S/C8H4I2N2/c9-7-2-1-5-3-8(10)11-4-6(5)12-7/h1-4H. The lowest BCUT2D eigenvalue weighted by Crippen LogP contribution is -1.85. The summed E-state index contributed by atoms with van der Waals surface area (Å²) in [7, 11) is 0. The number of hydrogen-bond donors (Lipinski definition) is 0. The highest BCUT2D eigenvalue weighted by Gasteiger charge is 1.96. The van der Waals surface area contributed by atoms with E-state index in [9.17, 15) is 0 Å². The third-order valence-corrected chi connectivity index (χ3v) is 2.70. The summed E-state index contributed by atoms with van der Waals surface area (Å²) in [6.07, 6.45) is 1.80. The minimum absolute atomic E-state index is 0.960. The van der Waals surface area contributed by atoms with Crippen LogP contribution in [-0.2, 0) is 0 Å². The van der Waals surface area contributed by atoms with Crippen molar-refractivity contribution in [2.75, 3.05) is 0 Å². The molecule has 0 spiro atoms. The van der Waals surface area contributed by atoms with E-state index in [0.29, 0.717) is 0 Å². The Bertz CT molecular complexity index is 387. The van der Waals surface area contributed by atoms with Crippen LogP contribution in [0.5, 0.6) is 0 Å². The first-order valence-electron chi connectivity index (χ1n) is 3.33. The van der Waals surface area contributed by atoms with Crippen LogP contribution in [-0.4, -0.2) is 9.97 Å². The third kappa shape index (κ3) is 1.68. The Balaban J connectivity index is 2.79. The van der Waals surface area contributed by atoms with Crippen LogP contribution < -0.4 is 0 Å². The lowest BCUT2D eigenvalue weighted by atomic mass is 10.3. The van der Waals surface area contributed by atoms with Gasteiger partial charge in [0.05, 0.1) is 11.7 Å². The minimum Gasteiger partial charge on any atom is -0.248 e. The van der Waals surface area contributed by atoms with E-state index >= 15 is 0 Å². The summed E-state index contributed by atoms with van der Waals surface area (Å²) in [5.41, 5.74) is 0.960. The molecule has 2 rings (SSSR count). The van der Waals surface area contributed by atoms with Gasteiger partial charge in [-0.25, -0.2) is 9.97 Å². The Labute approximate surface area is 97.1 Å². The molecule has 2 aromatic heterocycles. The third-order valence-electron chi connectivity index (χ3n) is 1.51. The van der Waals surface area contributed by atoms with Gasteiger partial charge in [0.1, 0.15) is 7.40 Å². The molecule has 0 saturated carbocycles. The molecule has 0 atom stereocenters. The van der Waals surface area contributed by atoms with Gasteiger partial charge >= 0.3 is 0 Å². The van der Waals surface area contributed by atoms with Crippen LogP contribution in [0.25, 0.3) is 10.9 Å². The summed E-state index contributed by atoms with van der Waals surface area (Å²) in [5, 5.41) is 1.15. The number of halogens is 2. The monoisotopic (exact) mass is 382 g/mol. The normalized spacial score (nSPS) is 10.5. The molecule has 4 heteroatoms. The molecule has 0 unspecified atom stereocenters. The first kappa shape index (κ1) is 8.61. The van der Waals surface area contributed by atoms with Crippen LogP contribution in [0.2, 0.25) is 0 Å². The van der Waals surface area contributed by atoms with Crippen molar-refractivity contribution in [1.82, 2.24) is 9.97 Å². The SMILES string of the molecule is Ic1cc2ccc(I)nc2cn1. The number of rotatable bonds is 0. The van der Waals surface area contributed by atoms with Crippen molar-refractivity contribution < 1.29 is 0 Å². The second-order valence-electron chi connectivity index (χ2n) is 2.33. The van der Waals surface area contributed by atoms with Crippen molar-refractivity contribution in [3.8, 4) is 0 Å². The molecular formula is C8H4I2N2. The number of hydrogen-bond acceptors (Lipinski definition) is 2. The smallest absolute Gasteiger partial charge is 0.102 e. The summed E-state index contributed by atoms with van der Waals surface area (Å²) < 4.78 is 2.01. The molecular weight excluding hydrogens is 378 g/mol. The van der Waals surface area contributed by atoms with E-state index in [-0.39, 0.29) is 0 Å². The molecule has 0 aromatic carbocycles. The zero-order valence-corrected chi connectivity index (χ0v) is 10.3. The molecule has 0 aliphatic heterocycles. The summed E-state index contributed by atoms with van der Waals surface area (Å²) in [6, 6.07) is 6.09. The van der Waals surface area contributed by atoms with Gasteiger partial charge in [-0.3, -0.25) is 0 Å². The highest BCUT2D eigenvalue weighted by molar-refractivity contribution is 14.1. The molecule has 0 aliphatic carbocycles. The summed E-state index contributed by atoms with van der Waals surface area (Å²) in [6.45, 7) is 0. The summed E-state index contributed by atoms with van der Waals surface area (Å²) in [4.78, 5) is 8.51. The predicted molar refractivity (Wildman–Crippen MR) is 65.0 cm³/mol. The van der Waals surface area contributed by atoms with Crippen molar-refractivity contribution in [2.45, 2.75) is 0 Å². The minimum atomic E-state index is 0.960. The maximum absolute atomic E-state index is 4.34. The highest BCUT2D eigenvalue weighted by Crippen LogP contribution is 2.14. The zero-order valence-electron chi connectivity index (χ0n) is 5.96. The second-order valence-corrected chi connectivity index (χ2v) is 4.54. The lowest BCUT2D eigenvalue weighted by molar-refractivity contribution is 1.25. The van der Waals surface area contributed by atoms with Gasteiger partial charge in [0.2, 0.25) is 0 Å². The molecule has 2 nitrogen and oxygen atoms in total. The lowest BCUT2D eigenvalue weighted by Gasteiger charge is -1.96. The topological polar surface area (TPSA) is 25.8 Å². The van der Waals surface area contributed by atoms with E-state index < -0.39 is 0 Å². The Morgan fingerprint density at radius 2 is 1.92 bits per heavy atom. The Kier molecular flexibility index (Phi) is 2.44. The van der Waals surface area contributed by atoms with Crippen LogP contribution >= 0.6 is 45.2 Å². The largest absolute Gasteiger partial charge is 0.248 e. The van der Waals surface area contributed by atoms with Crippen molar-refractivity contribution in [3.05, 3.63) is 31.8 Å². The first-order valence-corrected chi connectivity index (χ1v) is 5.49. The van der Waals surface area contributed by atoms with Crippen LogP contribution in [0.3, 0.4) is 0 Å². The summed E-state index contributed by atoms with van der Waals surface area (Å²) >= 11 is 4.39. The molecule has 0 fully saturated rings. The fourth-order valence-electron chi connectivity index (χ4n) is 0.975. The molecule has 12 heavy (non-hydrogen) atoms. The first-order chi connectivity index (χ1) is 5.75. The Morgan fingerprint density at radius 3 is 2.75 bits per heavy atom. The predicted octanol–water partition coefficient (Wildman–Crippen LogP) is 2.84. The van der Waals surface area contributed by atoms with E-state index in [1.54, 1.807) is 6.20 Å². The molecule has 0 saturated heterocycles. The maximum atomic E-state index is 4.34. The molecule has 0 amide bonds. The molecule has 0 bridgehead atoms. The van der Waals surface area contributed by atoms with Gasteiger partial charge in [-0.05, 0) is 57.3 Å². The van der Waals surface area contributed by atoms with Crippen molar-refractivity contribution in [3.63, 3.8) is 0 Å². The van der Waals surface area contributed by atoms with Crippen LogP contribution in [0.15, 0.2) is 24.4 Å². The van der Waals surface area contributed by atoms with E-state index in [1.807, 2.05) is 12.1 Å². The number of aromatic nitrogens is 2. The zero-order chi connectivity index (χ0) is 8.55. The molecule has 0 aliphatic rings. The van der Waals surface area contributed by atoms with Gasteiger partial charge < -0.3 is 0 Å². The second kappa shape index (κ2) is 3.41. The molecule has 2 heterocycles. The quantitative estimate of drug-likeness (QED) is 0.518. The van der Waals surface area contributed by atoms with Crippen LogP contribution in [0, 0.1) is 7.40 Å². The van der Waals surface area contributed by atoms with Gasteiger partial charge in [0.15, 0.2) is 0 Å². The van der Waals surface area contributed by atoms with Gasteiger partial charge in [-0.2, -0.15) is 0 Å². The summed E-state index contributed by atoms with van der Waals surface area (Å²) in [5.74, 6) is 0. The number of fused-ring (bicyclic) bond motifs is 1. The molecule has 60 valence electrons. The number of pyridine rings is 2. The van der Waals surface area contributed by atoms with E-state index in [1.165, 1.54) is 0 Å². The molecule has 2 aromatic rings. The highest BCUT2D eigenvalue weighted by atomic mass is 127. The van der Waals surface area contributed by atoms with Gasteiger partial charge in [0.25, 0.3) is 0 Å². The molecule has 0 radical (unpaired) electrons. The fourth-order valence-corrected chi connectivity index (χ4v) is 1.89. The Hall–Kier alpha value is 0.0200. The van der Waals surface area contributed by atoms with E-state index in [0.717, 1.165) is 18.3 Å².